The van der Waals surface area contributed by atoms with E-state index in [4.69, 9.17) is 5.11 Å². The molecule has 0 spiro atoms. The molecule has 0 bridgehead atoms. The first-order valence-corrected chi connectivity index (χ1v) is 6.91. The minimum Gasteiger partial charge on any atom is -0.803 e. The molecule has 1 aromatic rings. The highest BCUT2D eigenvalue weighted by molar-refractivity contribution is 5.20. The lowest BCUT2D eigenvalue weighted by atomic mass is 9.86. The van der Waals surface area contributed by atoms with E-state index in [0.717, 1.165) is 18.4 Å². The summed E-state index contributed by atoms with van der Waals surface area (Å²) in [6.07, 6.45) is 5.70. The zero-order valence-corrected chi connectivity index (χ0v) is 11.6. The predicted molar refractivity (Wildman–Crippen MR) is 74.9 cm³/mol. The van der Waals surface area contributed by atoms with Gasteiger partial charge in [-0.3, -0.25) is 4.79 Å². The zero-order valence-electron chi connectivity index (χ0n) is 11.6. The van der Waals surface area contributed by atoms with Gasteiger partial charge in [0.25, 0.3) is 0 Å². The monoisotopic (exact) mass is 268 g/mol. The highest BCUT2D eigenvalue weighted by atomic mass is 16.5. The predicted octanol–water partition coefficient (Wildman–Crippen LogP) is 0.771. The molecule has 1 aromatic heterocycles. The van der Waals surface area contributed by atoms with Gasteiger partial charge < -0.3 is 20.8 Å². The smallest absolute Gasteiger partial charge is 0.246 e. The molecule has 0 amide bonds. The van der Waals surface area contributed by atoms with Crippen LogP contribution in [0.5, 0.6) is 0 Å². The van der Waals surface area contributed by atoms with Crippen LogP contribution in [-0.2, 0) is 0 Å². The topological polar surface area (TPSA) is 92.9 Å². The molecule has 0 radical (unpaired) electrons. The van der Waals surface area contributed by atoms with Crippen LogP contribution < -0.4 is 11.3 Å². The van der Waals surface area contributed by atoms with Crippen molar-refractivity contribution in [1.82, 2.24) is 4.73 Å². The van der Waals surface area contributed by atoms with Crippen molar-refractivity contribution >= 4 is 0 Å². The van der Waals surface area contributed by atoms with Crippen molar-refractivity contribution in [1.29, 1.82) is 0 Å². The Labute approximate surface area is 113 Å². The lowest BCUT2D eigenvalue weighted by Crippen LogP contribution is -2.51. The zero-order chi connectivity index (χ0) is 14.3. The van der Waals surface area contributed by atoms with Crippen LogP contribution in [0, 0.1) is 12.1 Å². The largest absolute Gasteiger partial charge is 0.803 e. The number of aliphatic hydroxyl groups is 1. The van der Waals surface area contributed by atoms with Gasteiger partial charge in [0, 0.05) is 11.8 Å². The summed E-state index contributed by atoms with van der Waals surface area (Å²) in [6, 6.07) is 3.27. The first kappa shape index (κ1) is 15.7. The van der Waals surface area contributed by atoms with Gasteiger partial charge in [-0.05, 0) is 37.3 Å². The fourth-order valence-corrected chi connectivity index (χ4v) is 2.40. The fourth-order valence-electron chi connectivity index (χ4n) is 2.40. The highest BCUT2D eigenvalue weighted by Crippen LogP contribution is 2.31. The molecule has 1 saturated carbocycles. The van der Waals surface area contributed by atoms with Crippen LogP contribution in [0.1, 0.15) is 49.3 Å². The van der Waals surface area contributed by atoms with Gasteiger partial charge in [-0.15, -0.1) is 0 Å². The van der Waals surface area contributed by atoms with E-state index in [0.29, 0.717) is 22.9 Å². The number of hydrogen-bond acceptors (Lipinski definition) is 3. The molecule has 0 aliphatic heterocycles. The molecule has 2 rings (SSSR count). The van der Waals surface area contributed by atoms with Gasteiger partial charge in [0.15, 0.2) is 0 Å². The number of aliphatic hydroxyl groups excluding tert-OH is 1. The van der Waals surface area contributed by atoms with Crippen molar-refractivity contribution in [3.8, 4) is 0 Å². The average Bonchev–Trinajstić information content (AvgIpc) is 2.44. The Morgan fingerprint density at radius 2 is 1.95 bits per heavy atom. The van der Waals surface area contributed by atoms with E-state index in [1.807, 2.05) is 13.0 Å². The lowest BCUT2D eigenvalue weighted by Gasteiger charge is -2.27. The first-order valence-electron chi connectivity index (χ1n) is 6.91. The molecule has 0 saturated heterocycles. The number of nitrogens with zero attached hydrogens (tertiary/aromatic N) is 1. The summed E-state index contributed by atoms with van der Waals surface area (Å²) < 4.78 is 0.572. The van der Waals surface area contributed by atoms with Crippen molar-refractivity contribution in [2.24, 2.45) is 0 Å². The van der Waals surface area contributed by atoms with E-state index in [1.54, 1.807) is 0 Å². The molecular formula is C14H24N2O3. The summed E-state index contributed by atoms with van der Waals surface area (Å²) in [6.45, 7) is 2.70. The first-order chi connectivity index (χ1) is 9.10. The normalized spacial score (nSPS) is 15.7. The fraction of sp³-hybridized carbons (Fsp3) is 0.643. The molecule has 1 heterocycles. The molecule has 1 aliphatic carbocycles. The molecule has 1 aliphatic rings. The van der Waals surface area contributed by atoms with E-state index >= 15 is 0 Å². The van der Waals surface area contributed by atoms with Crippen LogP contribution in [0.15, 0.2) is 16.9 Å². The number of quaternary nitrogens is 1. The van der Waals surface area contributed by atoms with Crippen molar-refractivity contribution in [2.45, 2.75) is 44.9 Å². The van der Waals surface area contributed by atoms with E-state index in [2.05, 4.69) is 5.73 Å². The molecule has 1 fully saturated rings. The van der Waals surface area contributed by atoms with Crippen LogP contribution in [0.2, 0.25) is 0 Å². The Hall–Kier alpha value is -1.33. The number of pyridine rings is 1. The Morgan fingerprint density at radius 1 is 1.37 bits per heavy atom. The standard InChI is InChI=1S/C12H16NO2.C2H7NO/c1-9-7-11(13(15)12(14)8-9)10-5-3-2-4-6-10;3-1-2-4/h7-8,10H,2-6H2,1H3;4H,1-3H2/q-1;/p+1. The maximum atomic E-state index is 11.6. The maximum absolute atomic E-state index is 11.6. The second kappa shape index (κ2) is 7.96. The lowest BCUT2D eigenvalue weighted by molar-refractivity contribution is -0.372. The van der Waals surface area contributed by atoms with Gasteiger partial charge in [-0.25, -0.2) is 0 Å². The molecule has 0 aromatic carbocycles. The average molecular weight is 268 g/mol. The summed E-state index contributed by atoms with van der Waals surface area (Å²) in [5.74, 6) is 0.295. The van der Waals surface area contributed by atoms with Gasteiger partial charge in [0.2, 0.25) is 5.56 Å². The van der Waals surface area contributed by atoms with Gasteiger partial charge in [0.1, 0.15) is 0 Å². The van der Waals surface area contributed by atoms with Crippen LogP contribution in [0.25, 0.3) is 0 Å². The number of aryl methyl sites for hydroxylation is 1. The maximum Gasteiger partial charge on any atom is 0.246 e. The summed E-state index contributed by atoms with van der Waals surface area (Å²) in [5, 5.41) is 19.4. The molecular weight excluding hydrogens is 244 g/mol. The highest BCUT2D eigenvalue weighted by Gasteiger charge is 2.17. The third-order valence-electron chi connectivity index (χ3n) is 3.34. The van der Waals surface area contributed by atoms with Gasteiger partial charge in [0.05, 0.1) is 13.2 Å². The Morgan fingerprint density at radius 3 is 2.47 bits per heavy atom. The molecule has 108 valence electrons. The van der Waals surface area contributed by atoms with E-state index in [1.165, 1.54) is 25.3 Å². The third-order valence-corrected chi connectivity index (χ3v) is 3.34. The second-order valence-corrected chi connectivity index (χ2v) is 5.00. The van der Waals surface area contributed by atoms with Gasteiger partial charge >= 0.3 is 0 Å². The number of hydrogen-bond donors (Lipinski definition) is 2. The van der Waals surface area contributed by atoms with Crippen molar-refractivity contribution in [2.75, 3.05) is 13.2 Å². The molecule has 5 heteroatoms. The minimum absolute atomic E-state index is 0.208. The minimum atomic E-state index is -0.421. The SMILES string of the molecule is Cc1cc(C2CCCCC2)n([O-])c(=O)c1.[NH3+]CCO. The Balaban J connectivity index is 0.000000399. The van der Waals surface area contributed by atoms with Gasteiger partial charge in [-0.2, -0.15) is 0 Å². The quantitative estimate of drug-likeness (QED) is 0.829. The molecule has 4 N–H and O–H groups in total. The summed E-state index contributed by atoms with van der Waals surface area (Å²) in [5.41, 5.74) is 4.51. The molecule has 5 nitrogen and oxygen atoms in total. The number of aromatic nitrogens is 1. The molecule has 19 heavy (non-hydrogen) atoms. The van der Waals surface area contributed by atoms with Crippen LogP contribution in [0.4, 0.5) is 0 Å². The van der Waals surface area contributed by atoms with E-state index < -0.39 is 5.56 Å². The molecule has 0 unspecified atom stereocenters. The Kier molecular flexibility index (Phi) is 6.59. The second-order valence-electron chi connectivity index (χ2n) is 5.00. The van der Waals surface area contributed by atoms with E-state index in [9.17, 15) is 10.0 Å². The van der Waals surface area contributed by atoms with Crippen LogP contribution in [-0.4, -0.2) is 23.0 Å². The van der Waals surface area contributed by atoms with Crippen LogP contribution in [0.3, 0.4) is 0 Å². The van der Waals surface area contributed by atoms with E-state index in [-0.39, 0.29) is 6.61 Å². The number of rotatable bonds is 2. The van der Waals surface area contributed by atoms with Crippen molar-refractivity contribution in [3.63, 3.8) is 0 Å². The van der Waals surface area contributed by atoms with Crippen LogP contribution >= 0.6 is 0 Å². The van der Waals surface area contributed by atoms with Crippen molar-refractivity contribution in [3.05, 3.63) is 39.0 Å². The summed E-state index contributed by atoms with van der Waals surface area (Å²) >= 11 is 0. The summed E-state index contributed by atoms with van der Waals surface area (Å²) in [4.78, 5) is 11.4. The Bertz CT molecular complexity index is 435. The van der Waals surface area contributed by atoms with Crippen molar-refractivity contribution < 1.29 is 10.8 Å². The third kappa shape index (κ3) is 4.69. The molecule has 0 atom stereocenters. The summed E-state index contributed by atoms with van der Waals surface area (Å²) in [7, 11) is 0. The van der Waals surface area contributed by atoms with Gasteiger partial charge in [-0.1, -0.05) is 19.3 Å².